The van der Waals surface area contributed by atoms with Crippen molar-refractivity contribution in [3.05, 3.63) is 39.4 Å². The molecular weight excluding hydrogens is 316 g/mol. The summed E-state index contributed by atoms with van der Waals surface area (Å²) in [4.78, 5) is 12.3. The van der Waals surface area contributed by atoms with Crippen LogP contribution in [0.5, 0.6) is 5.75 Å². The van der Waals surface area contributed by atoms with Gasteiger partial charge in [0.25, 0.3) is 0 Å². The van der Waals surface area contributed by atoms with Gasteiger partial charge in [0.15, 0.2) is 0 Å². The SMILES string of the molecule is O=C(CC1=CCCCC1)Cc1cc(Br)cc2c1OCC2. The van der Waals surface area contributed by atoms with Gasteiger partial charge in [0.2, 0.25) is 0 Å². The first-order chi connectivity index (χ1) is 9.72. The quantitative estimate of drug-likeness (QED) is 0.763. The van der Waals surface area contributed by atoms with E-state index in [1.54, 1.807) is 0 Å². The Morgan fingerprint density at radius 3 is 2.90 bits per heavy atom. The van der Waals surface area contributed by atoms with Crippen LogP contribution >= 0.6 is 15.9 Å². The normalized spacial score (nSPS) is 17.4. The van der Waals surface area contributed by atoms with Crippen LogP contribution in [0.25, 0.3) is 0 Å². The van der Waals surface area contributed by atoms with Crippen molar-refractivity contribution in [3.8, 4) is 5.75 Å². The van der Waals surface area contributed by atoms with E-state index in [0.29, 0.717) is 18.6 Å². The van der Waals surface area contributed by atoms with Gasteiger partial charge in [-0.15, -0.1) is 0 Å². The zero-order valence-electron chi connectivity index (χ0n) is 11.6. The monoisotopic (exact) mass is 334 g/mol. The van der Waals surface area contributed by atoms with Crippen molar-refractivity contribution < 1.29 is 9.53 Å². The summed E-state index contributed by atoms with van der Waals surface area (Å²) in [7, 11) is 0. The number of rotatable bonds is 4. The number of hydrogen-bond donors (Lipinski definition) is 0. The molecule has 0 unspecified atom stereocenters. The van der Waals surface area contributed by atoms with Crippen molar-refractivity contribution in [2.45, 2.75) is 44.9 Å². The summed E-state index contributed by atoms with van der Waals surface area (Å²) in [5.74, 6) is 1.24. The average Bonchev–Trinajstić information content (AvgIpc) is 2.88. The van der Waals surface area contributed by atoms with E-state index in [0.717, 1.165) is 41.7 Å². The number of hydrogen-bond acceptors (Lipinski definition) is 2. The summed E-state index contributed by atoms with van der Waals surface area (Å²) in [6.07, 6.45) is 9.03. The Morgan fingerprint density at radius 2 is 2.10 bits per heavy atom. The van der Waals surface area contributed by atoms with Gasteiger partial charge in [-0.2, -0.15) is 0 Å². The number of fused-ring (bicyclic) bond motifs is 1. The highest BCUT2D eigenvalue weighted by molar-refractivity contribution is 9.10. The van der Waals surface area contributed by atoms with Gasteiger partial charge in [0.1, 0.15) is 11.5 Å². The predicted octanol–water partition coefficient (Wildman–Crippen LogP) is 4.39. The predicted molar refractivity (Wildman–Crippen MR) is 83.2 cm³/mol. The van der Waals surface area contributed by atoms with E-state index in [2.05, 4.69) is 28.1 Å². The minimum atomic E-state index is 0.300. The number of benzene rings is 1. The maximum atomic E-state index is 12.3. The van der Waals surface area contributed by atoms with Gasteiger partial charge in [0.05, 0.1) is 6.61 Å². The second kappa shape index (κ2) is 6.13. The second-order valence-electron chi connectivity index (χ2n) is 5.65. The van der Waals surface area contributed by atoms with Gasteiger partial charge in [0, 0.05) is 29.3 Å². The van der Waals surface area contributed by atoms with E-state index in [1.807, 2.05) is 6.07 Å². The van der Waals surface area contributed by atoms with Crippen molar-refractivity contribution in [2.75, 3.05) is 6.61 Å². The number of Topliss-reactive ketones (excluding diaryl/α,β-unsaturated/α-hetero) is 1. The molecule has 0 bridgehead atoms. The highest BCUT2D eigenvalue weighted by Crippen LogP contribution is 2.33. The first-order valence-corrected chi connectivity index (χ1v) is 8.15. The number of ketones is 1. The Balaban J connectivity index is 1.71. The molecule has 3 rings (SSSR count). The van der Waals surface area contributed by atoms with E-state index in [1.165, 1.54) is 24.0 Å². The Bertz CT molecular complexity index is 560. The van der Waals surface area contributed by atoms with Crippen LogP contribution in [0.4, 0.5) is 0 Å². The third-order valence-corrected chi connectivity index (χ3v) is 4.48. The van der Waals surface area contributed by atoms with Crippen LogP contribution in [0.2, 0.25) is 0 Å². The fourth-order valence-corrected chi connectivity index (χ4v) is 3.62. The van der Waals surface area contributed by atoms with Crippen LogP contribution in [0.15, 0.2) is 28.3 Å². The van der Waals surface area contributed by atoms with Crippen molar-refractivity contribution >= 4 is 21.7 Å². The highest BCUT2D eigenvalue weighted by Gasteiger charge is 2.19. The molecule has 0 atom stereocenters. The molecule has 0 aromatic heterocycles. The van der Waals surface area contributed by atoms with E-state index in [4.69, 9.17) is 4.74 Å². The first-order valence-electron chi connectivity index (χ1n) is 7.36. The number of halogens is 1. The zero-order valence-corrected chi connectivity index (χ0v) is 13.2. The van der Waals surface area contributed by atoms with E-state index in [9.17, 15) is 4.79 Å². The molecule has 1 heterocycles. The van der Waals surface area contributed by atoms with Crippen LogP contribution in [0.1, 0.15) is 43.2 Å². The molecule has 0 saturated heterocycles. The van der Waals surface area contributed by atoms with Crippen LogP contribution < -0.4 is 4.74 Å². The topological polar surface area (TPSA) is 26.3 Å². The van der Waals surface area contributed by atoms with Crippen molar-refractivity contribution in [3.63, 3.8) is 0 Å². The third kappa shape index (κ3) is 3.14. The lowest BCUT2D eigenvalue weighted by molar-refractivity contribution is -0.117. The fourth-order valence-electron chi connectivity index (χ4n) is 3.07. The molecule has 106 valence electrons. The molecule has 0 spiro atoms. The van der Waals surface area contributed by atoms with Crippen LogP contribution in [-0.2, 0) is 17.6 Å². The Labute approximate surface area is 128 Å². The number of carbonyl (C=O) groups excluding carboxylic acids is 1. The molecule has 0 amide bonds. The molecular formula is C17H19BrO2. The largest absolute Gasteiger partial charge is 0.493 e. The maximum Gasteiger partial charge on any atom is 0.141 e. The number of carbonyl (C=O) groups is 1. The summed E-state index contributed by atoms with van der Waals surface area (Å²) in [5.41, 5.74) is 3.58. The van der Waals surface area contributed by atoms with E-state index >= 15 is 0 Å². The smallest absolute Gasteiger partial charge is 0.141 e. The van der Waals surface area contributed by atoms with Crippen molar-refractivity contribution in [1.29, 1.82) is 0 Å². The summed E-state index contributed by atoms with van der Waals surface area (Å²) >= 11 is 3.53. The molecule has 1 aliphatic heterocycles. The Morgan fingerprint density at radius 1 is 1.20 bits per heavy atom. The lowest BCUT2D eigenvalue weighted by Gasteiger charge is -2.13. The summed E-state index contributed by atoms with van der Waals surface area (Å²) in [6, 6.07) is 4.12. The lowest BCUT2D eigenvalue weighted by Crippen LogP contribution is -2.07. The van der Waals surface area contributed by atoms with Gasteiger partial charge >= 0.3 is 0 Å². The molecule has 0 radical (unpaired) electrons. The summed E-state index contributed by atoms with van der Waals surface area (Å²) < 4.78 is 6.73. The third-order valence-electron chi connectivity index (χ3n) is 4.02. The van der Waals surface area contributed by atoms with E-state index < -0.39 is 0 Å². The molecule has 0 fully saturated rings. The minimum Gasteiger partial charge on any atom is -0.493 e. The standard InChI is InChI=1S/C17H19BrO2/c18-15-9-13-6-7-20-17(13)14(10-15)11-16(19)8-12-4-2-1-3-5-12/h4,9-10H,1-3,5-8,11H2. The molecule has 2 nitrogen and oxygen atoms in total. The first kappa shape index (κ1) is 13.9. The lowest BCUT2D eigenvalue weighted by atomic mass is 9.93. The van der Waals surface area contributed by atoms with Crippen molar-refractivity contribution in [1.82, 2.24) is 0 Å². The van der Waals surface area contributed by atoms with Gasteiger partial charge in [-0.1, -0.05) is 27.6 Å². The molecule has 3 heteroatoms. The van der Waals surface area contributed by atoms with Crippen LogP contribution in [-0.4, -0.2) is 12.4 Å². The van der Waals surface area contributed by atoms with Gasteiger partial charge in [-0.3, -0.25) is 4.79 Å². The van der Waals surface area contributed by atoms with Crippen LogP contribution in [0.3, 0.4) is 0 Å². The van der Waals surface area contributed by atoms with E-state index in [-0.39, 0.29) is 0 Å². The molecule has 1 aliphatic carbocycles. The van der Waals surface area contributed by atoms with Crippen molar-refractivity contribution in [2.24, 2.45) is 0 Å². The highest BCUT2D eigenvalue weighted by atomic mass is 79.9. The Kier molecular flexibility index (Phi) is 4.25. The average molecular weight is 335 g/mol. The molecule has 0 saturated carbocycles. The van der Waals surface area contributed by atoms with Gasteiger partial charge in [-0.25, -0.2) is 0 Å². The molecule has 1 aromatic carbocycles. The minimum absolute atomic E-state index is 0.300. The summed E-state index contributed by atoms with van der Waals surface area (Å²) in [5, 5.41) is 0. The summed E-state index contributed by atoms with van der Waals surface area (Å²) in [6.45, 7) is 0.734. The zero-order chi connectivity index (χ0) is 13.9. The van der Waals surface area contributed by atoms with Gasteiger partial charge < -0.3 is 4.74 Å². The maximum absolute atomic E-state index is 12.3. The Hall–Kier alpha value is -1.09. The van der Waals surface area contributed by atoms with Crippen LogP contribution in [0, 0.1) is 0 Å². The molecule has 1 aromatic rings. The molecule has 2 aliphatic rings. The molecule has 0 N–H and O–H groups in total. The van der Waals surface area contributed by atoms with Gasteiger partial charge in [-0.05, 0) is 43.4 Å². The molecule has 20 heavy (non-hydrogen) atoms. The second-order valence-corrected chi connectivity index (χ2v) is 6.57. The number of allylic oxidation sites excluding steroid dienone is 2. The number of ether oxygens (including phenoxy) is 1. The fraction of sp³-hybridized carbons (Fsp3) is 0.471.